The van der Waals surface area contributed by atoms with Crippen molar-refractivity contribution in [2.24, 2.45) is 0 Å². The summed E-state index contributed by atoms with van der Waals surface area (Å²) in [6.07, 6.45) is 1.41. The summed E-state index contributed by atoms with van der Waals surface area (Å²) >= 11 is 1.13. The summed E-state index contributed by atoms with van der Waals surface area (Å²) in [7, 11) is 1.29. The maximum Gasteiger partial charge on any atom is 0.341 e. The summed E-state index contributed by atoms with van der Waals surface area (Å²) in [5, 5.41) is 5.88. The minimum Gasteiger partial charge on any atom is -0.465 e. The van der Waals surface area contributed by atoms with Gasteiger partial charge in [0.1, 0.15) is 17.1 Å². The summed E-state index contributed by atoms with van der Waals surface area (Å²) in [4.78, 5) is 36.2. The van der Waals surface area contributed by atoms with E-state index in [0.717, 1.165) is 11.3 Å². The fourth-order valence-electron chi connectivity index (χ4n) is 2.31. The minimum atomic E-state index is -0.496. The van der Waals surface area contributed by atoms with Crippen molar-refractivity contribution in [3.8, 4) is 0 Å². The van der Waals surface area contributed by atoms with Crippen LogP contribution in [0.3, 0.4) is 0 Å². The number of anilines is 1. The van der Waals surface area contributed by atoms with Gasteiger partial charge < -0.3 is 24.2 Å². The lowest BCUT2D eigenvalue weighted by molar-refractivity contribution is 0.0598. The Morgan fingerprint density at radius 2 is 2.00 bits per heavy atom. The van der Waals surface area contributed by atoms with Gasteiger partial charge in [-0.2, -0.15) is 0 Å². The zero-order chi connectivity index (χ0) is 19.4. The first-order valence-electron chi connectivity index (χ1n) is 7.88. The highest BCUT2D eigenvalue weighted by atomic mass is 32.1. The summed E-state index contributed by atoms with van der Waals surface area (Å²) in [5.74, 6) is -0.176. The van der Waals surface area contributed by atoms with Gasteiger partial charge in [-0.3, -0.25) is 9.59 Å². The number of esters is 1. The molecular formula is C18H16N2O6S. The molecule has 0 radical (unpaired) electrons. The van der Waals surface area contributed by atoms with Crippen molar-refractivity contribution in [2.45, 2.75) is 13.5 Å². The second-order valence-corrected chi connectivity index (χ2v) is 6.54. The second kappa shape index (κ2) is 7.92. The Bertz CT molecular complexity index is 970. The van der Waals surface area contributed by atoms with Crippen LogP contribution in [0.2, 0.25) is 0 Å². The molecule has 0 atom stereocenters. The van der Waals surface area contributed by atoms with Gasteiger partial charge in [0, 0.05) is 0 Å². The van der Waals surface area contributed by atoms with E-state index in [1.54, 1.807) is 31.2 Å². The normalized spacial score (nSPS) is 10.4. The van der Waals surface area contributed by atoms with Crippen molar-refractivity contribution in [3.05, 3.63) is 64.3 Å². The van der Waals surface area contributed by atoms with Crippen molar-refractivity contribution < 1.29 is 28.0 Å². The van der Waals surface area contributed by atoms with Crippen molar-refractivity contribution in [1.29, 1.82) is 0 Å². The molecule has 0 unspecified atom stereocenters. The number of rotatable bonds is 6. The molecule has 2 N–H and O–H groups in total. The van der Waals surface area contributed by atoms with Gasteiger partial charge in [0.25, 0.3) is 11.8 Å². The smallest absolute Gasteiger partial charge is 0.341 e. The molecule has 8 nitrogen and oxygen atoms in total. The van der Waals surface area contributed by atoms with Gasteiger partial charge in [0.05, 0.1) is 29.8 Å². The average molecular weight is 388 g/mol. The molecule has 9 heteroatoms. The number of methoxy groups -OCH3 is 1. The van der Waals surface area contributed by atoms with E-state index >= 15 is 0 Å². The largest absolute Gasteiger partial charge is 0.465 e. The lowest BCUT2D eigenvalue weighted by Crippen LogP contribution is -2.21. The molecule has 0 aromatic carbocycles. The number of thiophene rings is 1. The molecule has 0 spiro atoms. The number of hydrogen-bond donors (Lipinski definition) is 2. The predicted molar refractivity (Wildman–Crippen MR) is 96.9 cm³/mol. The first-order chi connectivity index (χ1) is 13.0. The van der Waals surface area contributed by atoms with Gasteiger partial charge in [0.2, 0.25) is 0 Å². The molecule has 0 bridgehead atoms. The highest BCUT2D eigenvalue weighted by Crippen LogP contribution is 2.23. The molecule has 0 saturated heterocycles. The van der Waals surface area contributed by atoms with Gasteiger partial charge in [-0.25, -0.2) is 4.79 Å². The molecule has 3 rings (SSSR count). The Morgan fingerprint density at radius 1 is 1.19 bits per heavy atom. The van der Waals surface area contributed by atoms with E-state index in [-0.39, 0.29) is 18.2 Å². The molecule has 2 amide bonds. The molecule has 3 aromatic rings. The van der Waals surface area contributed by atoms with Crippen LogP contribution in [0.5, 0.6) is 0 Å². The summed E-state index contributed by atoms with van der Waals surface area (Å²) in [5.41, 5.74) is 0.320. The zero-order valence-electron chi connectivity index (χ0n) is 14.5. The third kappa shape index (κ3) is 4.26. The van der Waals surface area contributed by atoms with Crippen LogP contribution in [0.4, 0.5) is 5.00 Å². The first kappa shape index (κ1) is 18.5. The van der Waals surface area contributed by atoms with Crippen LogP contribution < -0.4 is 10.6 Å². The Kier molecular flexibility index (Phi) is 5.41. The Morgan fingerprint density at radius 3 is 2.70 bits per heavy atom. The average Bonchev–Trinajstić information content (AvgIpc) is 3.40. The number of amides is 2. The standard InChI is InChI=1S/C18H16N2O6S/c1-10-12(18(23)24-2)8-11(26-10)9-19-17(22)14-5-6-15(27-14)20-16(21)13-4-3-7-25-13/h3-8H,9H2,1-2H3,(H,19,22)(H,20,21). The van der Waals surface area contributed by atoms with Crippen LogP contribution in [-0.2, 0) is 11.3 Å². The van der Waals surface area contributed by atoms with Crippen molar-refractivity contribution in [3.63, 3.8) is 0 Å². The third-order valence-corrected chi connectivity index (χ3v) is 4.61. The van der Waals surface area contributed by atoms with E-state index < -0.39 is 11.9 Å². The zero-order valence-corrected chi connectivity index (χ0v) is 15.3. The number of carbonyl (C=O) groups is 3. The van der Waals surface area contributed by atoms with Gasteiger partial charge in [-0.05, 0) is 37.3 Å². The summed E-state index contributed by atoms with van der Waals surface area (Å²) in [6.45, 7) is 1.76. The minimum absolute atomic E-state index is 0.114. The van der Waals surface area contributed by atoms with E-state index in [9.17, 15) is 14.4 Å². The number of hydrogen-bond acceptors (Lipinski definition) is 7. The summed E-state index contributed by atoms with van der Waals surface area (Å²) < 4.78 is 15.1. The van der Waals surface area contributed by atoms with Gasteiger partial charge in [-0.1, -0.05) is 0 Å². The van der Waals surface area contributed by atoms with Gasteiger partial charge in [0.15, 0.2) is 5.76 Å². The highest BCUT2D eigenvalue weighted by molar-refractivity contribution is 7.18. The fraction of sp³-hybridized carbons (Fsp3) is 0.167. The number of nitrogens with one attached hydrogen (secondary N) is 2. The Balaban J connectivity index is 1.58. The number of furan rings is 2. The molecule has 0 saturated carbocycles. The molecule has 0 aliphatic carbocycles. The second-order valence-electron chi connectivity index (χ2n) is 5.45. The predicted octanol–water partition coefficient (Wildman–Crippen LogP) is 3.21. The molecule has 140 valence electrons. The lowest BCUT2D eigenvalue weighted by atomic mass is 10.2. The topological polar surface area (TPSA) is 111 Å². The maximum atomic E-state index is 12.3. The fourth-order valence-corrected chi connectivity index (χ4v) is 3.12. The van der Waals surface area contributed by atoms with Gasteiger partial charge in [-0.15, -0.1) is 11.3 Å². The lowest BCUT2D eigenvalue weighted by Gasteiger charge is -2.01. The number of ether oxygens (including phenoxy) is 1. The van der Waals surface area contributed by atoms with Crippen LogP contribution >= 0.6 is 11.3 Å². The van der Waals surface area contributed by atoms with Gasteiger partial charge >= 0.3 is 5.97 Å². The molecular weight excluding hydrogens is 372 g/mol. The number of aryl methyl sites for hydroxylation is 1. The monoisotopic (exact) mass is 388 g/mol. The van der Waals surface area contributed by atoms with E-state index in [1.807, 2.05) is 0 Å². The molecule has 27 heavy (non-hydrogen) atoms. The van der Waals surface area contributed by atoms with E-state index in [1.165, 1.54) is 19.4 Å². The molecule has 0 aliphatic rings. The van der Waals surface area contributed by atoms with Crippen LogP contribution in [-0.4, -0.2) is 24.9 Å². The first-order valence-corrected chi connectivity index (χ1v) is 8.70. The molecule has 3 heterocycles. The highest BCUT2D eigenvalue weighted by Gasteiger charge is 2.17. The van der Waals surface area contributed by atoms with Crippen LogP contribution in [0.15, 0.2) is 45.4 Å². The van der Waals surface area contributed by atoms with E-state index in [4.69, 9.17) is 8.83 Å². The molecule has 0 aliphatic heterocycles. The quantitative estimate of drug-likeness (QED) is 0.627. The maximum absolute atomic E-state index is 12.3. The van der Waals surface area contributed by atoms with Crippen LogP contribution in [0, 0.1) is 6.92 Å². The number of carbonyl (C=O) groups excluding carboxylic acids is 3. The molecule has 3 aromatic heterocycles. The van der Waals surface area contributed by atoms with Crippen LogP contribution in [0.25, 0.3) is 0 Å². The van der Waals surface area contributed by atoms with Crippen LogP contribution in [0.1, 0.15) is 42.1 Å². The summed E-state index contributed by atoms with van der Waals surface area (Å²) in [6, 6.07) is 7.93. The van der Waals surface area contributed by atoms with Crippen molar-refractivity contribution >= 4 is 34.1 Å². The van der Waals surface area contributed by atoms with E-state index in [2.05, 4.69) is 15.4 Å². The van der Waals surface area contributed by atoms with E-state index in [0.29, 0.717) is 27.0 Å². The Hall–Kier alpha value is -3.33. The van der Waals surface area contributed by atoms with Crippen molar-refractivity contribution in [1.82, 2.24) is 5.32 Å². The SMILES string of the molecule is COC(=O)c1cc(CNC(=O)c2ccc(NC(=O)c3ccco3)s2)oc1C. The Labute approximate surface area is 158 Å². The molecule has 0 fully saturated rings. The third-order valence-electron chi connectivity index (χ3n) is 3.61. The van der Waals surface area contributed by atoms with Crippen molar-refractivity contribution in [2.75, 3.05) is 12.4 Å².